The van der Waals surface area contributed by atoms with Gasteiger partial charge in [0.15, 0.2) is 12.4 Å². The molecule has 31 heavy (non-hydrogen) atoms. The summed E-state index contributed by atoms with van der Waals surface area (Å²) >= 11 is 0. The summed E-state index contributed by atoms with van der Waals surface area (Å²) in [6, 6.07) is 5.74. The van der Waals surface area contributed by atoms with Crippen molar-refractivity contribution in [1.82, 2.24) is 15.3 Å². The second kappa shape index (κ2) is 10.2. The Hall–Kier alpha value is -3.21. The lowest BCUT2D eigenvalue weighted by atomic mass is 10.1. The number of hydrogen-bond donors (Lipinski definition) is 2. The minimum atomic E-state index is -4.51. The molecule has 2 aromatic rings. The van der Waals surface area contributed by atoms with Crippen molar-refractivity contribution in [2.75, 3.05) is 25.6 Å². The Balaban J connectivity index is 2.06. The van der Waals surface area contributed by atoms with Gasteiger partial charge >= 0.3 is 6.18 Å². The van der Waals surface area contributed by atoms with Gasteiger partial charge in [-0.05, 0) is 37.6 Å². The van der Waals surface area contributed by atoms with Crippen LogP contribution in [0.15, 0.2) is 24.3 Å². The summed E-state index contributed by atoms with van der Waals surface area (Å²) in [5.41, 5.74) is 1.61. The summed E-state index contributed by atoms with van der Waals surface area (Å²) in [4.78, 5) is 31.9. The number of rotatable bonds is 9. The quantitative estimate of drug-likeness (QED) is 0.577. The van der Waals surface area contributed by atoms with E-state index in [0.717, 1.165) is 5.56 Å². The summed E-state index contributed by atoms with van der Waals surface area (Å²) in [5.74, 6) is -0.645. The molecule has 0 spiro atoms. The number of aryl methyl sites for hydroxylation is 1. The fraction of sp³-hybridized carbons (Fsp3) is 0.400. The first kappa shape index (κ1) is 24.1. The zero-order valence-corrected chi connectivity index (χ0v) is 17.5. The SMILES string of the molecule is COc1nc(OCC(F)(F)F)ccc1C(=O)CNC(C)c1cc(C)nc(NC(C)=O)c1. The van der Waals surface area contributed by atoms with Crippen molar-refractivity contribution in [3.8, 4) is 11.8 Å². The third-order valence-electron chi connectivity index (χ3n) is 4.06. The second-order valence-electron chi connectivity index (χ2n) is 6.74. The van der Waals surface area contributed by atoms with Gasteiger partial charge in [0.2, 0.25) is 17.7 Å². The van der Waals surface area contributed by atoms with Gasteiger partial charge in [-0.15, -0.1) is 0 Å². The molecule has 1 amide bonds. The fourth-order valence-corrected chi connectivity index (χ4v) is 2.68. The van der Waals surface area contributed by atoms with Crippen LogP contribution in [0.1, 0.15) is 41.5 Å². The molecule has 0 aliphatic rings. The zero-order chi connectivity index (χ0) is 23.2. The number of carbonyl (C=O) groups excluding carboxylic acids is 2. The van der Waals surface area contributed by atoms with Crippen molar-refractivity contribution in [1.29, 1.82) is 0 Å². The lowest BCUT2D eigenvalue weighted by Crippen LogP contribution is -2.27. The number of Topliss-reactive ketones (excluding diaryl/α,β-unsaturated/α-hetero) is 1. The van der Waals surface area contributed by atoms with E-state index in [1.165, 1.54) is 26.2 Å². The summed E-state index contributed by atoms with van der Waals surface area (Å²) in [7, 11) is 1.26. The third-order valence-corrected chi connectivity index (χ3v) is 4.06. The lowest BCUT2D eigenvalue weighted by Gasteiger charge is -2.16. The second-order valence-corrected chi connectivity index (χ2v) is 6.74. The smallest absolute Gasteiger partial charge is 0.422 e. The first-order chi connectivity index (χ1) is 14.5. The fourth-order valence-electron chi connectivity index (χ4n) is 2.68. The topological polar surface area (TPSA) is 102 Å². The van der Waals surface area contributed by atoms with E-state index in [9.17, 15) is 22.8 Å². The minimum absolute atomic E-state index is 0.0845. The molecule has 0 aliphatic heterocycles. The number of ketones is 1. The van der Waals surface area contributed by atoms with Crippen LogP contribution in [0.4, 0.5) is 19.0 Å². The van der Waals surface area contributed by atoms with Crippen LogP contribution in [0.25, 0.3) is 0 Å². The van der Waals surface area contributed by atoms with E-state index in [0.29, 0.717) is 11.5 Å². The molecule has 0 saturated carbocycles. The molecule has 0 aromatic carbocycles. The molecule has 0 bridgehead atoms. The van der Waals surface area contributed by atoms with Gasteiger partial charge in [0.1, 0.15) is 5.82 Å². The monoisotopic (exact) mass is 440 g/mol. The van der Waals surface area contributed by atoms with E-state index in [-0.39, 0.29) is 41.6 Å². The normalized spacial score (nSPS) is 12.2. The van der Waals surface area contributed by atoms with E-state index in [2.05, 4.69) is 25.3 Å². The maximum absolute atomic E-state index is 12.6. The minimum Gasteiger partial charge on any atom is -0.480 e. The average molecular weight is 440 g/mol. The molecule has 2 rings (SSSR count). The molecule has 2 N–H and O–H groups in total. The number of anilines is 1. The van der Waals surface area contributed by atoms with Gasteiger partial charge in [-0.3, -0.25) is 9.59 Å². The van der Waals surface area contributed by atoms with Crippen LogP contribution in [0.3, 0.4) is 0 Å². The molecule has 8 nitrogen and oxygen atoms in total. The van der Waals surface area contributed by atoms with Crippen molar-refractivity contribution in [3.63, 3.8) is 0 Å². The van der Waals surface area contributed by atoms with Crippen LogP contribution in [0.2, 0.25) is 0 Å². The molecule has 0 saturated heterocycles. The number of pyridine rings is 2. The highest BCUT2D eigenvalue weighted by atomic mass is 19.4. The zero-order valence-electron chi connectivity index (χ0n) is 17.5. The van der Waals surface area contributed by atoms with Gasteiger partial charge in [0.25, 0.3) is 0 Å². The van der Waals surface area contributed by atoms with Crippen molar-refractivity contribution in [3.05, 3.63) is 41.1 Å². The predicted molar refractivity (Wildman–Crippen MR) is 106 cm³/mol. The van der Waals surface area contributed by atoms with E-state index < -0.39 is 12.8 Å². The van der Waals surface area contributed by atoms with Crippen LogP contribution < -0.4 is 20.1 Å². The number of methoxy groups -OCH3 is 1. The number of halogens is 3. The van der Waals surface area contributed by atoms with Gasteiger partial charge in [-0.2, -0.15) is 18.2 Å². The molecular weight excluding hydrogens is 417 g/mol. The largest absolute Gasteiger partial charge is 0.480 e. The third kappa shape index (κ3) is 7.52. The van der Waals surface area contributed by atoms with Crippen LogP contribution in [0.5, 0.6) is 11.8 Å². The number of ether oxygens (including phenoxy) is 2. The van der Waals surface area contributed by atoms with E-state index in [4.69, 9.17) is 4.74 Å². The molecule has 168 valence electrons. The van der Waals surface area contributed by atoms with Gasteiger partial charge in [0, 0.05) is 24.7 Å². The number of carbonyl (C=O) groups is 2. The number of alkyl halides is 3. The highest BCUT2D eigenvalue weighted by molar-refractivity contribution is 5.99. The van der Waals surface area contributed by atoms with Crippen LogP contribution in [0, 0.1) is 6.92 Å². The highest BCUT2D eigenvalue weighted by Crippen LogP contribution is 2.23. The van der Waals surface area contributed by atoms with E-state index >= 15 is 0 Å². The van der Waals surface area contributed by atoms with E-state index in [1.807, 2.05) is 13.0 Å². The summed E-state index contributed by atoms with van der Waals surface area (Å²) in [6.45, 7) is 3.42. The maximum atomic E-state index is 12.6. The van der Waals surface area contributed by atoms with Gasteiger partial charge < -0.3 is 20.1 Å². The summed E-state index contributed by atoms with van der Waals surface area (Å²) in [6.07, 6.45) is -4.51. The molecule has 1 atom stereocenters. The summed E-state index contributed by atoms with van der Waals surface area (Å²) in [5, 5.41) is 5.68. The molecular formula is C20H23F3N4O4. The van der Waals surface area contributed by atoms with Crippen molar-refractivity contribution in [2.24, 2.45) is 0 Å². The van der Waals surface area contributed by atoms with Gasteiger partial charge in [-0.25, -0.2) is 4.98 Å². The molecule has 2 aromatic heterocycles. The number of hydrogen-bond acceptors (Lipinski definition) is 7. The van der Waals surface area contributed by atoms with Crippen molar-refractivity contribution < 1.29 is 32.2 Å². The first-order valence-corrected chi connectivity index (χ1v) is 9.26. The van der Waals surface area contributed by atoms with Crippen LogP contribution in [-0.4, -0.2) is 48.1 Å². The average Bonchev–Trinajstić information content (AvgIpc) is 2.68. The Kier molecular flexibility index (Phi) is 7.92. The standard InChI is InChI=1S/C20H23F3N4O4/c1-11-7-14(8-17(25-11)26-13(3)28)12(2)24-9-16(29)15-5-6-18(27-19(15)30-4)31-10-20(21,22)23/h5-8,12,24H,9-10H2,1-4H3,(H,25,26,28). The Morgan fingerprint density at radius 2 is 1.90 bits per heavy atom. The molecule has 0 fully saturated rings. The Labute approximate surface area is 177 Å². The van der Waals surface area contributed by atoms with E-state index in [1.54, 1.807) is 13.0 Å². The molecule has 1 unspecified atom stereocenters. The summed E-state index contributed by atoms with van der Waals surface area (Å²) < 4.78 is 46.5. The number of nitrogens with one attached hydrogen (secondary N) is 2. The lowest BCUT2D eigenvalue weighted by molar-refractivity contribution is -0.154. The number of aromatic nitrogens is 2. The highest BCUT2D eigenvalue weighted by Gasteiger charge is 2.29. The number of nitrogens with zero attached hydrogens (tertiary/aromatic N) is 2. The Morgan fingerprint density at radius 1 is 1.19 bits per heavy atom. The predicted octanol–water partition coefficient (Wildman–Crippen LogP) is 3.23. The van der Waals surface area contributed by atoms with Gasteiger partial charge in [-0.1, -0.05) is 0 Å². The Morgan fingerprint density at radius 3 is 2.52 bits per heavy atom. The first-order valence-electron chi connectivity index (χ1n) is 9.26. The van der Waals surface area contributed by atoms with Crippen LogP contribution >= 0.6 is 0 Å². The molecule has 0 radical (unpaired) electrons. The van der Waals surface area contributed by atoms with Crippen molar-refractivity contribution in [2.45, 2.75) is 33.0 Å². The molecule has 11 heteroatoms. The van der Waals surface area contributed by atoms with Crippen LogP contribution in [-0.2, 0) is 4.79 Å². The molecule has 2 heterocycles. The Bertz CT molecular complexity index is 951. The molecule has 0 aliphatic carbocycles. The number of amides is 1. The van der Waals surface area contributed by atoms with Gasteiger partial charge in [0.05, 0.1) is 19.2 Å². The van der Waals surface area contributed by atoms with Crippen molar-refractivity contribution >= 4 is 17.5 Å². The maximum Gasteiger partial charge on any atom is 0.422 e.